The quantitative estimate of drug-likeness (QED) is 0.743. The number of hydrogen-bond acceptors (Lipinski definition) is 3. The van der Waals surface area contributed by atoms with E-state index in [9.17, 15) is 0 Å². The molecule has 0 aliphatic carbocycles. The first-order valence-corrected chi connectivity index (χ1v) is 7.90. The number of para-hydroxylation sites is 1. The molecule has 0 radical (unpaired) electrons. The molecule has 0 spiro atoms. The maximum atomic E-state index is 5.57. The number of rotatable bonds is 8. The van der Waals surface area contributed by atoms with Crippen molar-refractivity contribution >= 4 is 0 Å². The van der Waals surface area contributed by atoms with Crippen LogP contribution >= 0.6 is 0 Å². The van der Waals surface area contributed by atoms with Crippen LogP contribution in [0.15, 0.2) is 24.3 Å². The second-order valence-electron chi connectivity index (χ2n) is 5.69. The normalized spacial score (nSPS) is 18.6. The maximum Gasteiger partial charge on any atom is 0.148 e. The van der Waals surface area contributed by atoms with Crippen LogP contribution in [-0.4, -0.2) is 37.7 Å². The van der Waals surface area contributed by atoms with Gasteiger partial charge in [-0.25, -0.2) is 0 Å². The molecule has 1 N–H and O–H groups in total. The average Bonchev–Trinajstić information content (AvgIpc) is 2.94. The topological polar surface area (TPSA) is 24.5 Å². The van der Waals surface area contributed by atoms with Crippen LogP contribution in [0.5, 0.6) is 5.75 Å². The van der Waals surface area contributed by atoms with Crippen LogP contribution in [0.25, 0.3) is 0 Å². The summed E-state index contributed by atoms with van der Waals surface area (Å²) in [6.07, 6.45) is 7.81. The number of benzene rings is 1. The molecule has 2 rings (SSSR count). The Morgan fingerprint density at radius 3 is 3.10 bits per heavy atom. The van der Waals surface area contributed by atoms with Gasteiger partial charge in [0.1, 0.15) is 12.4 Å². The molecule has 1 atom stereocenters. The number of terminal acetylenes is 1. The summed E-state index contributed by atoms with van der Waals surface area (Å²) in [6, 6.07) is 8.09. The van der Waals surface area contributed by atoms with Crippen LogP contribution in [0.1, 0.15) is 25.3 Å². The summed E-state index contributed by atoms with van der Waals surface area (Å²) in [5.41, 5.74) is 1.18. The highest BCUT2D eigenvalue weighted by atomic mass is 16.5. The van der Waals surface area contributed by atoms with Gasteiger partial charge in [0, 0.05) is 18.7 Å². The fourth-order valence-electron chi connectivity index (χ4n) is 2.92. The molecule has 21 heavy (non-hydrogen) atoms. The van der Waals surface area contributed by atoms with Gasteiger partial charge in [0.15, 0.2) is 0 Å². The molecule has 1 aliphatic rings. The second-order valence-corrected chi connectivity index (χ2v) is 5.69. The zero-order valence-corrected chi connectivity index (χ0v) is 13.0. The lowest BCUT2D eigenvalue weighted by molar-refractivity contribution is 0.322. The van der Waals surface area contributed by atoms with Gasteiger partial charge in [-0.15, -0.1) is 6.42 Å². The van der Waals surface area contributed by atoms with E-state index >= 15 is 0 Å². The fourth-order valence-corrected chi connectivity index (χ4v) is 2.92. The number of ether oxygens (including phenoxy) is 1. The van der Waals surface area contributed by atoms with E-state index < -0.39 is 0 Å². The summed E-state index contributed by atoms with van der Waals surface area (Å²) in [5.74, 6) is 4.18. The molecule has 3 nitrogen and oxygen atoms in total. The number of nitrogens with one attached hydrogen (secondary N) is 1. The van der Waals surface area contributed by atoms with Crippen molar-refractivity contribution in [2.45, 2.75) is 26.3 Å². The van der Waals surface area contributed by atoms with Crippen LogP contribution in [0, 0.1) is 18.3 Å². The summed E-state index contributed by atoms with van der Waals surface area (Å²) in [4.78, 5) is 2.57. The third kappa shape index (κ3) is 5.08. The van der Waals surface area contributed by atoms with Crippen molar-refractivity contribution in [3.63, 3.8) is 0 Å². The molecule has 1 saturated heterocycles. The molecule has 1 fully saturated rings. The minimum Gasteiger partial charge on any atom is -0.481 e. The Hall–Kier alpha value is -1.50. The fraction of sp³-hybridized carbons (Fsp3) is 0.556. The van der Waals surface area contributed by atoms with E-state index in [-0.39, 0.29) is 0 Å². The Labute approximate surface area is 128 Å². The number of nitrogens with zero attached hydrogens (tertiary/aromatic N) is 1. The van der Waals surface area contributed by atoms with Gasteiger partial charge >= 0.3 is 0 Å². The minimum atomic E-state index is 0.325. The Morgan fingerprint density at radius 1 is 1.43 bits per heavy atom. The van der Waals surface area contributed by atoms with Crippen LogP contribution in [0.4, 0.5) is 0 Å². The van der Waals surface area contributed by atoms with E-state index in [4.69, 9.17) is 11.2 Å². The van der Waals surface area contributed by atoms with E-state index in [0.717, 1.165) is 24.8 Å². The van der Waals surface area contributed by atoms with Gasteiger partial charge in [0.25, 0.3) is 0 Å². The van der Waals surface area contributed by atoms with Gasteiger partial charge in [-0.2, -0.15) is 0 Å². The molecule has 114 valence electrons. The van der Waals surface area contributed by atoms with Gasteiger partial charge < -0.3 is 15.0 Å². The largest absolute Gasteiger partial charge is 0.481 e. The van der Waals surface area contributed by atoms with Crippen LogP contribution < -0.4 is 10.1 Å². The zero-order valence-electron chi connectivity index (χ0n) is 13.0. The molecule has 1 aromatic carbocycles. The molecule has 0 saturated carbocycles. The van der Waals surface area contributed by atoms with E-state index in [1.165, 1.54) is 38.0 Å². The highest BCUT2D eigenvalue weighted by Crippen LogP contribution is 2.19. The van der Waals surface area contributed by atoms with Crippen molar-refractivity contribution in [1.82, 2.24) is 10.2 Å². The predicted molar refractivity (Wildman–Crippen MR) is 87.3 cm³/mol. The Balaban J connectivity index is 1.75. The van der Waals surface area contributed by atoms with Crippen molar-refractivity contribution in [1.29, 1.82) is 0 Å². The maximum absolute atomic E-state index is 5.57. The summed E-state index contributed by atoms with van der Waals surface area (Å²) < 4.78 is 5.57. The highest BCUT2D eigenvalue weighted by Gasteiger charge is 2.21. The van der Waals surface area contributed by atoms with Crippen molar-refractivity contribution < 1.29 is 4.74 Å². The minimum absolute atomic E-state index is 0.325. The van der Waals surface area contributed by atoms with Crippen LogP contribution in [-0.2, 0) is 6.54 Å². The Kier molecular flexibility index (Phi) is 6.59. The van der Waals surface area contributed by atoms with E-state index in [2.05, 4.69) is 29.1 Å². The molecule has 1 aliphatic heterocycles. The molecule has 0 bridgehead atoms. The summed E-state index contributed by atoms with van der Waals surface area (Å²) >= 11 is 0. The average molecular weight is 286 g/mol. The van der Waals surface area contributed by atoms with E-state index in [1.807, 2.05) is 18.2 Å². The Bertz CT molecular complexity index is 467. The third-order valence-corrected chi connectivity index (χ3v) is 3.94. The Morgan fingerprint density at radius 2 is 2.29 bits per heavy atom. The van der Waals surface area contributed by atoms with E-state index in [0.29, 0.717) is 6.61 Å². The number of hydrogen-bond donors (Lipinski definition) is 1. The van der Waals surface area contributed by atoms with Gasteiger partial charge in [-0.3, -0.25) is 0 Å². The standard InChI is InChI=1S/C18H26N2O/c1-3-10-20-11-9-16(15-20)13-19-14-17-7-5-6-8-18(17)21-12-4-2/h2,5-8,16,19H,3,9-15H2,1H3. The lowest BCUT2D eigenvalue weighted by Crippen LogP contribution is -2.26. The summed E-state index contributed by atoms with van der Waals surface area (Å²) in [6.45, 7) is 8.20. The summed E-state index contributed by atoms with van der Waals surface area (Å²) in [5, 5.41) is 3.56. The lowest BCUT2D eigenvalue weighted by atomic mass is 10.1. The monoisotopic (exact) mass is 286 g/mol. The first-order valence-electron chi connectivity index (χ1n) is 7.90. The SMILES string of the molecule is C#CCOc1ccccc1CNCC1CCN(CCC)C1. The molecule has 1 unspecified atom stereocenters. The molecular weight excluding hydrogens is 260 g/mol. The molecule has 3 heteroatoms. The van der Waals surface area contributed by atoms with Gasteiger partial charge in [-0.1, -0.05) is 31.0 Å². The van der Waals surface area contributed by atoms with Gasteiger partial charge in [0.05, 0.1) is 0 Å². The van der Waals surface area contributed by atoms with Gasteiger partial charge in [0.2, 0.25) is 0 Å². The number of likely N-dealkylation sites (tertiary alicyclic amines) is 1. The van der Waals surface area contributed by atoms with Crippen molar-refractivity contribution in [3.05, 3.63) is 29.8 Å². The van der Waals surface area contributed by atoms with Crippen molar-refractivity contribution in [3.8, 4) is 18.1 Å². The summed E-state index contributed by atoms with van der Waals surface area (Å²) in [7, 11) is 0. The van der Waals surface area contributed by atoms with Gasteiger partial charge in [-0.05, 0) is 44.5 Å². The van der Waals surface area contributed by atoms with Crippen LogP contribution in [0.2, 0.25) is 0 Å². The zero-order chi connectivity index (χ0) is 14.9. The van der Waals surface area contributed by atoms with E-state index in [1.54, 1.807) is 0 Å². The first-order chi connectivity index (χ1) is 10.3. The highest BCUT2D eigenvalue weighted by molar-refractivity contribution is 5.33. The molecule has 0 amide bonds. The third-order valence-electron chi connectivity index (χ3n) is 3.94. The van der Waals surface area contributed by atoms with Crippen molar-refractivity contribution in [2.24, 2.45) is 5.92 Å². The first kappa shape index (κ1) is 15.9. The molecular formula is C18H26N2O. The van der Waals surface area contributed by atoms with Crippen LogP contribution in [0.3, 0.4) is 0 Å². The molecule has 1 heterocycles. The second kappa shape index (κ2) is 8.71. The molecule has 1 aromatic rings. The lowest BCUT2D eigenvalue weighted by Gasteiger charge is -2.15. The smallest absolute Gasteiger partial charge is 0.148 e. The predicted octanol–water partition coefficient (Wildman–Crippen LogP) is 2.52. The van der Waals surface area contributed by atoms with Crippen molar-refractivity contribution in [2.75, 3.05) is 32.8 Å². The molecule has 0 aromatic heterocycles.